The summed E-state index contributed by atoms with van der Waals surface area (Å²) in [7, 11) is 0. The van der Waals surface area contributed by atoms with Gasteiger partial charge in [-0.3, -0.25) is 9.59 Å². The summed E-state index contributed by atoms with van der Waals surface area (Å²) in [5.74, 6) is 0.0774. The first-order valence-corrected chi connectivity index (χ1v) is 8.34. The Bertz CT molecular complexity index is 529. The third kappa shape index (κ3) is 5.08. The van der Waals surface area contributed by atoms with E-state index in [9.17, 15) is 9.59 Å². The molecule has 4 nitrogen and oxygen atoms in total. The fourth-order valence-corrected chi connectivity index (χ4v) is 3.18. The highest BCUT2D eigenvalue weighted by Crippen LogP contribution is 2.27. The van der Waals surface area contributed by atoms with E-state index in [1.165, 1.54) is 35.7 Å². The molecule has 1 aromatic rings. The van der Waals surface area contributed by atoms with Crippen LogP contribution in [0.3, 0.4) is 0 Å². The molecular weight excluding hydrogens is 284 g/mol. The third-order valence-electron chi connectivity index (χ3n) is 3.34. The molecule has 0 saturated heterocycles. The highest BCUT2D eigenvalue weighted by molar-refractivity contribution is 8.00. The van der Waals surface area contributed by atoms with Crippen molar-refractivity contribution in [2.75, 3.05) is 12.3 Å². The van der Waals surface area contributed by atoms with Crippen LogP contribution in [0.2, 0.25) is 0 Å². The van der Waals surface area contributed by atoms with Gasteiger partial charge in [0.1, 0.15) is 0 Å². The Kier molecular flexibility index (Phi) is 5.67. The van der Waals surface area contributed by atoms with E-state index in [1.54, 1.807) is 0 Å². The highest BCUT2D eigenvalue weighted by Gasteiger charge is 2.12. The number of benzene rings is 1. The van der Waals surface area contributed by atoms with Gasteiger partial charge in [-0.1, -0.05) is 6.07 Å². The van der Waals surface area contributed by atoms with Gasteiger partial charge in [-0.15, -0.1) is 11.8 Å². The van der Waals surface area contributed by atoms with Crippen molar-refractivity contribution in [3.8, 4) is 0 Å². The topological polar surface area (TPSA) is 58.2 Å². The number of rotatable bonds is 6. The summed E-state index contributed by atoms with van der Waals surface area (Å²) < 4.78 is 0. The van der Waals surface area contributed by atoms with Crippen molar-refractivity contribution in [3.05, 3.63) is 29.3 Å². The van der Waals surface area contributed by atoms with Crippen molar-refractivity contribution < 1.29 is 9.59 Å². The zero-order chi connectivity index (χ0) is 15.2. The van der Waals surface area contributed by atoms with E-state index >= 15 is 0 Å². The number of aryl methyl sites for hydroxylation is 2. The predicted octanol–water partition coefficient (Wildman–Crippen LogP) is 1.91. The van der Waals surface area contributed by atoms with Crippen molar-refractivity contribution in [1.29, 1.82) is 0 Å². The lowest BCUT2D eigenvalue weighted by atomic mass is 10.1. The summed E-state index contributed by atoms with van der Waals surface area (Å²) in [4.78, 5) is 24.3. The average molecular weight is 306 g/mol. The number of fused-ring (bicyclic) bond motifs is 1. The quantitative estimate of drug-likeness (QED) is 0.789. The van der Waals surface area contributed by atoms with Gasteiger partial charge in [-0.25, -0.2) is 0 Å². The molecule has 0 aromatic heterocycles. The summed E-state index contributed by atoms with van der Waals surface area (Å²) >= 11 is 1.52. The van der Waals surface area contributed by atoms with Crippen LogP contribution in [0, 0.1) is 0 Å². The van der Waals surface area contributed by atoms with Gasteiger partial charge in [0.05, 0.1) is 12.3 Å². The summed E-state index contributed by atoms with van der Waals surface area (Å²) in [5, 5.41) is 5.38. The Balaban J connectivity index is 1.73. The Morgan fingerprint density at radius 1 is 1.19 bits per heavy atom. The zero-order valence-corrected chi connectivity index (χ0v) is 13.4. The molecule has 0 radical (unpaired) electrons. The van der Waals surface area contributed by atoms with Crippen molar-refractivity contribution >= 4 is 23.6 Å². The first-order valence-electron chi connectivity index (χ1n) is 7.35. The molecule has 2 rings (SSSR count). The maximum absolute atomic E-state index is 11.7. The Hall–Kier alpha value is -1.49. The molecule has 114 valence electrons. The number of hydrogen-bond acceptors (Lipinski definition) is 3. The van der Waals surface area contributed by atoms with E-state index in [1.807, 2.05) is 13.8 Å². The van der Waals surface area contributed by atoms with Gasteiger partial charge in [0.25, 0.3) is 0 Å². The predicted molar refractivity (Wildman–Crippen MR) is 85.5 cm³/mol. The highest BCUT2D eigenvalue weighted by atomic mass is 32.2. The third-order valence-corrected chi connectivity index (χ3v) is 4.33. The van der Waals surface area contributed by atoms with Gasteiger partial charge in [-0.2, -0.15) is 0 Å². The van der Waals surface area contributed by atoms with Crippen LogP contribution in [0.5, 0.6) is 0 Å². The van der Waals surface area contributed by atoms with E-state index in [0.717, 1.165) is 11.3 Å². The number of hydrogen-bond donors (Lipinski definition) is 2. The Morgan fingerprint density at radius 3 is 2.71 bits per heavy atom. The van der Waals surface area contributed by atoms with Crippen LogP contribution < -0.4 is 10.6 Å². The molecule has 1 aliphatic carbocycles. The molecule has 21 heavy (non-hydrogen) atoms. The maximum Gasteiger partial charge on any atom is 0.239 e. The van der Waals surface area contributed by atoms with Crippen molar-refractivity contribution in [2.45, 2.75) is 44.0 Å². The molecule has 0 atom stereocenters. The van der Waals surface area contributed by atoms with E-state index in [-0.39, 0.29) is 24.4 Å². The van der Waals surface area contributed by atoms with Crippen LogP contribution in [0.25, 0.3) is 0 Å². The second-order valence-electron chi connectivity index (χ2n) is 5.57. The standard InChI is InChI=1S/C16H22N2O2S/c1-11(2)18-15(19)9-17-16(20)10-21-14-7-6-12-4-3-5-13(12)8-14/h6-8,11H,3-5,9-10H2,1-2H3,(H,17,20)(H,18,19). The Morgan fingerprint density at radius 2 is 1.95 bits per heavy atom. The molecule has 0 spiro atoms. The second kappa shape index (κ2) is 7.50. The minimum Gasteiger partial charge on any atom is -0.352 e. The van der Waals surface area contributed by atoms with Gasteiger partial charge >= 0.3 is 0 Å². The number of nitrogens with one attached hydrogen (secondary N) is 2. The normalized spacial score (nSPS) is 13.1. The van der Waals surface area contributed by atoms with E-state index in [4.69, 9.17) is 0 Å². The summed E-state index contributed by atoms with van der Waals surface area (Å²) in [5.41, 5.74) is 2.85. The lowest BCUT2D eigenvalue weighted by Gasteiger charge is -2.09. The average Bonchev–Trinajstić information content (AvgIpc) is 2.89. The fraction of sp³-hybridized carbons (Fsp3) is 0.500. The number of carbonyl (C=O) groups is 2. The Labute approximate surface area is 130 Å². The molecule has 0 fully saturated rings. The molecule has 2 N–H and O–H groups in total. The molecule has 0 saturated carbocycles. The van der Waals surface area contributed by atoms with Crippen molar-refractivity contribution in [3.63, 3.8) is 0 Å². The van der Waals surface area contributed by atoms with Gasteiger partial charge in [0.2, 0.25) is 11.8 Å². The zero-order valence-electron chi connectivity index (χ0n) is 12.6. The number of amides is 2. The van der Waals surface area contributed by atoms with Gasteiger partial charge in [0.15, 0.2) is 0 Å². The molecule has 2 amide bonds. The molecule has 5 heteroatoms. The van der Waals surface area contributed by atoms with Crippen LogP contribution in [0.4, 0.5) is 0 Å². The molecule has 0 aliphatic heterocycles. The summed E-state index contributed by atoms with van der Waals surface area (Å²) in [6.45, 7) is 3.83. The molecule has 0 unspecified atom stereocenters. The van der Waals surface area contributed by atoms with E-state index in [0.29, 0.717) is 5.75 Å². The van der Waals surface area contributed by atoms with Gasteiger partial charge in [0, 0.05) is 10.9 Å². The van der Waals surface area contributed by atoms with Gasteiger partial charge < -0.3 is 10.6 Å². The first-order chi connectivity index (χ1) is 10.0. The van der Waals surface area contributed by atoms with Crippen LogP contribution in [-0.4, -0.2) is 30.2 Å². The van der Waals surface area contributed by atoms with E-state index in [2.05, 4.69) is 28.8 Å². The maximum atomic E-state index is 11.7. The van der Waals surface area contributed by atoms with Gasteiger partial charge in [-0.05, 0) is 56.4 Å². The minimum absolute atomic E-state index is 0.0434. The van der Waals surface area contributed by atoms with Crippen LogP contribution in [-0.2, 0) is 22.4 Å². The number of thioether (sulfide) groups is 1. The van der Waals surface area contributed by atoms with Crippen molar-refractivity contribution in [2.24, 2.45) is 0 Å². The smallest absolute Gasteiger partial charge is 0.239 e. The summed E-state index contributed by atoms with van der Waals surface area (Å²) in [6, 6.07) is 6.52. The lowest BCUT2D eigenvalue weighted by molar-refractivity contribution is -0.125. The summed E-state index contributed by atoms with van der Waals surface area (Å²) in [6.07, 6.45) is 3.55. The lowest BCUT2D eigenvalue weighted by Crippen LogP contribution is -2.40. The molecule has 0 heterocycles. The number of carbonyl (C=O) groups excluding carboxylic acids is 2. The van der Waals surface area contributed by atoms with Crippen LogP contribution in [0.1, 0.15) is 31.4 Å². The second-order valence-corrected chi connectivity index (χ2v) is 6.62. The van der Waals surface area contributed by atoms with Crippen molar-refractivity contribution in [1.82, 2.24) is 10.6 Å². The minimum atomic E-state index is -0.152. The largest absolute Gasteiger partial charge is 0.352 e. The molecule has 1 aromatic carbocycles. The SMILES string of the molecule is CC(C)NC(=O)CNC(=O)CSc1ccc2c(c1)CCC2. The fourth-order valence-electron chi connectivity index (χ4n) is 2.39. The molecule has 1 aliphatic rings. The molecule has 0 bridgehead atoms. The van der Waals surface area contributed by atoms with E-state index < -0.39 is 0 Å². The monoisotopic (exact) mass is 306 g/mol. The van der Waals surface area contributed by atoms with Crippen LogP contribution in [0.15, 0.2) is 23.1 Å². The first kappa shape index (κ1) is 15.9. The van der Waals surface area contributed by atoms with Crippen LogP contribution >= 0.6 is 11.8 Å². The molecular formula is C16H22N2O2S.